The minimum absolute atomic E-state index is 0.0376. The van der Waals surface area contributed by atoms with Gasteiger partial charge in [0.15, 0.2) is 0 Å². The molecular formula is C25H22NO6-. The number of carbonyl (C=O) groups is 2. The molecule has 0 bridgehead atoms. The number of carbonyl (C=O) groups excluding carboxylic acids is 2. The molecule has 0 unspecified atom stereocenters. The van der Waals surface area contributed by atoms with Crippen LogP contribution in [-0.4, -0.2) is 17.9 Å². The fourth-order valence-electron chi connectivity index (χ4n) is 3.87. The summed E-state index contributed by atoms with van der Waals surface area (Å²) in [5.74, 6) is -1.79. The summed E-state index contributed by atoms with van der Waals surface area (Å²) in [6, 6.07) is 12.4. The molecule has 7 heteroatoms. The molecule has 4 aromatic rings. The van der Waals surface area contributed by atoms with Crippen molar-refractivity contribution in [2.75, 3.05) is 0 Å². The maximum Gasteiger partial charge on any atom is 0.339 e. The van der Waals surface area contributed by atoms with Crippen LogP contribution < -0.4 is 16.0 Å². The lowest BCUT2D eigenvalue weighted by Gasteiger charge is -2.17. The zero-order valence-electron chi connectivity index (χ0n) is 17.8. The summed E-state index contributed by atoms with van der Waals surface area (Å²) in [6.45, 7) is 3.46. The average molecular weight is 432 g/mol. The summed E-state index contributed by atoms with van der Waals surface area (Å²) in [7, 11) is 0. The average Bonchev–Trinajstić information content (AvgIpc) is 3.19. The second-order valence-electron chi connectivity index (χ2n) is 7.70. The van der Waals surface area contributed by atoms with Crippen LogP contribution >= 0.6 is 0 Å². The minimum Gasteiger partial charge on any atom is -0.548 e. The fourth-order valence-corrected chi connectivity index (χ4v) is 3.87. The summed E-state index contributed by atoms with van der Waals surface area (Å²) in [6.07, 6.45) is 1.99. The topological polar surface area (TPSA) is 113 Å². The van der Waals surface area contributed by atoms with Crippen molar-refractivity contribution < 1.29 is 23.5 Å². The molecule has 0 saturated heterocycles. The predicted molar refractivity (Wildman–Crippen MR) is 118 cm³/mol. The highest BCUT2D eigenvalue weighted by Crippen LogP contribution is 2.34. The maximum atomic E-state index is 12.6. The van der Waals surface area contributed by atoms with E-state index in [-0.39, 0.29) is 19.3 Å². The van der Waals surface area contributed by atoms with Gasteiger partial charge in [0, 0.05) is 34.4 Å². The summed E-state index contributed by atoms with van der Waals surface area (Å²) < 4.78 is 11.2. The summed E-state index contributed by atoms with van der Waals surface area (Å²) in [5.41, 5.74) is 3.54. The molecule has 0 radical (unpaired) electrons. The van der Waals surface area contributed by atoms with E-state index in [1.807, 2.05) is 43.3 Å². The Bertz CT molecular complexity index is 1370. The van der Waals surface area contributed by atoms with Crippen LogP contribution in [0.25, 0.3) is 33.1 Å². The van der Waals surface area contributed by atoms with Gasteiger partial charge < -0.3 is 24.1 Å². The van der Waals surface area contributed by atoms with E-state index in [1.165, 1.54) is 0 Å². The van der Waals surface area contributed by atoms with Gasteiger partial charge in [-0.1, -0.05) is 37.3 Å². The van der Waals surface area contributed by atoms with Crippen LogP contribution in [0.4, 0.5) is 0 Å². The van der Waals surface area contributed by atoms with Gasteiger partial charge in [-0.2, -0.15) is 0 Å². The third-order valence-corrected chi connectivity index (χ3v) is 5.70. The van der Waals surface area contributed by atoms with Crippen molar-refractivity contribution in [2.24, 2.45) is 0 Å². The number of carboxylic acids is 1. The highest BCUT2D eigenvalue weighted by Gasteiger charge is 2.17. The van der Waals surface area contributed by atoms with Crippen molar-refractivity contribution in [3.8, 4) is 11.1 Å². The number of hydrogen-bond donors (Lipinski definition) is 1. The molecule has 1 amide bonds. The fraction of sp³-hybridized carbons (Fsp3) is 0.240. The van der Waals surface area contributed by atoms with Crippen molar-refractivity contribution in [1.82, 2.24) is 5.32 Å². The molecule has 2 heterocycles. The van der Waals surface area contributed by atoms with Crippen molar-refractivity contribution >= 4 is 33.8 Å². The number of carboxylic acid groups (broad SMARTS) is 1. The first-order valence-corrected chi connectivity index (χ1v) is 10.4. The van der Waals surface area contributed by atoms with Crippen LogP contribution in [0.15, 0.2) is 62.4 Å². The lowest BCUT2D eigenvalue weighted by Crippen LogP contribution is -2.47. The molecule has 2 aromatic heterocycles. The van der Waals surface area contributed by atoms with E-state index in [2.05, 4.69) is 5.32 Å². The number of benzene rings is 2. The van der Waals surface area contributed by atoms with Crippen LogP contribution in [0, 0.1) is 6.92 Å². The second kappa shape index (κ2) is 8.70. The van der Waals surface area contributed by atoms with E-state index in [0.717, 1.165) is 27.5 Å². The number of aryl methyl sites for hydroxylation is 1. The first kappa shape index (κ1) is 21.4. The molecule has 0 aliphatic rings. The van der Waals surface area contributed by atoms with Gasteiger partial charge in [0.25, 0.3) is 0 Å². The molecule has 0 aliphatic carbocycles. The van der Waals surface area contributed by atoms with Crippen LogP contribution in [0.5, 0.6) is 0 Å². The van der Waals surface area contributed by atoms with Crippen LogP contribution in [0.2, 0.25) is 0 Å². The van der Waals surface area contributed by atoms with Gasteiger partial charge in [-0.3, -0.25) is 4.79 Å². The molecule has 0 saturated carbocycles. The number of hydrogen-bond acceptors (Lipinski definition) is 6. The summed E-state index contributed by atoms with van der Waals surface area (Å²) >= 11 is 0. The van der Waals surface area contributed by atoms with E-state index in [1.54, 1.807) is 19.3 Å². The Morgan fingerprint density at radius 3 is 2.53 bits per heavy atom. The largest absolute Gasteiger partial charge is 0.548 e. The van der Waals surface area contributed by atoms with Gasteiger partial charge in [0.1, 0.15) is 11.2 Å². The van der Waals surface area contributed by atoms with Crippen LogP contribution in [-0.2, 0) is 16.0 Å². The number of fused-ring (bicyclic) bond motifs is 2. The van der Waals surface area contributed by atoms with Crippen molar-refractivity contribution in [3.05, 3.63) is 70.3 Å². The molecule has 32 heavy (non-hydrogen) atoms. The van der Waals surface area contributed by atoms with E-state index < -0.39 is 23.5 Å². The summed E-state index contributed by atoms with van der Waals surface area (Å²) in [5, 5.41) is 15.1. The number of furan rings is 1. The predicted octanol–water partition coefficient (Wildman–Crippen LogP) is 3.09. The molecule has 4 rings (SSSR count). The molecule has 2 aromatic carbocycles. The van der Waals surface area contributed by atoms with E-state index in [9.17, 15) is 19.5 Å². The first-order chi connectivity index (χ1) is 15.4. The second-order valence-corrected chi connectivity index (χ2v) is 7.70. The van der Waals surface area contributed by atoms with Gasteiger partial charge in [0.05, 0.1) is 18.3 Å². The quantitative estimate of drug-likeness (QED) is 0.449. The standard InChI is InChI=1S/C25H23NO6/c1-3-20(24(28)29)26-23(27)10-9-16-14(2)17-11-18-19(15-7-5-4-6-8-15)13-31-21(18)12-22(17)32-25(16)30/h4-8,11-13,20H,3,9-10H2,1-2H3,(H,26,27)(H,28,29)/p-1/t20-/m1/s1. The lowest BCUT2D eigenvalue weighted by atomic mass is 9.99. The number of aliphatic carboxylic acids is 1. The monoisotopic (exact) mass is 432 g/mol. The third kappa shape index (κ3) is 4.01. The van der Waals surface area contributed by atoms with E-state index >= 15 is 0 Å². The summed E-state index contributed by atoms with van der Waals surface area (Å²) in [4.78, 5) is 35.8. The van der Waals surface area contributed by atoms with Crippen molar-refractivity contribution in [1.29, 1.82) is 0 Å². The van der Waals surface area contributed by atoms with Crippen molar-refractivity contribution in [3.63, 3.8) is 0 Å². The number of nitrogens with one attached hydrogen (secondary N) is 1. The van der Waals surface area contributed by atoms with Gasteiger partial charge in [0.2, 0.25) is 5.91 Å². The Morgan fingerprint density at radius 2 is 1.84 bits per heavy atom. The Morgan fingerprint density at radius 1 is 1.09 bits per heavy atom. The van der Waals surface area contributed by atoms with Gasteiger partial charge in [-0.25, -0.2) is 4.79 Å². The third-order valence-electron chi connectivity index (χ3n) is 5.70. The van der Waals surface area contributed by atoms with E-state index in [0.29, 0.717) is 16.7 Å². The highest BCUT2D eigenvalue weighted by atomic mass is 16.4. The molecule has 0 spiro atoms. The van der Waals surface area contributed by atoms with Crippen LogP contribution in [0.1, 0.15) is 30.9 Å². The molecular weight excluding hydrogens is 410 g/mol. The molecule has 0 aliphatic heterocycles. The SMILES string of the molecule is CC[C@@H](NC(=O)CCc1c(C)c2cc3c(-c4ccccc4)coc3cc2oc1=O)C(=O)[O-]. The zero-order chi connectivity index (χ0) is 22.8. The number of rotatable bonds is 7. The Labute approximate surface area is 183 Å². The molecule has 0 fully saturated rings. The van der Waals surface area contributed by atoms with E-state index in [4.69, 9.17) is 8.83 Å². The minimum atomic E-state index is -1.33. The highest BCUT2D eigenvalue weighted by molar-refractivity contribution is 6.02. The van der Waals surface area contributed by atoms with Crippen LogP contribution in [0.3, 0.4) is 0 Å². The smallest absolute Gasteiger partial charge is 0.339 e. The Hall–Kier alpha value is -3.87. The van der Waals surface area contributed by atoms with Crippen molar-refractivity contribution in [2.45, 2.75) is 39.2 Å². The maximum absolute atomic E-state index is 12.6. The Balaban J connectivity index is 1.68. The number of amides is 1. The zero-order valence-corrected chi connectivity index (χ0v) is 17.8. The van der Waals surface area contributed by atoms with Gasteiger partial charge >= 0.3 is 5.63 Å². The first-order valence-electron chi connectivity index (χ1n) is 10.4. The van der Waals surface area contributed by atoms with Gasteiger partial charge in [-0.05, 0) is 37.0 Å². The Kier molecular flexibility index (Phi) is 5.81. The molecule has 1 N–H and O–H groups in total. The molecule has 7 nitrogen and oxygen atoms in total. The normalized spacial score (nSPS) is 12.2. The van der Waals surface area contributed by atoms with Gasteiger partial charge in [-0.15, -0.1) is 0 Å². The lowest BCUT2D eigenvalue weighted by molar-refractivity contribution is -0.308. The molecule has 1 atom stereocenters. The molecule has 164 valence electrons.